The van der Waals surface area contributed by atoms with Gasteiger partial charge in [0, 0.05) is 19.0 Å². The number of carbonyl (C=O) groups is 2. The number of imide groups is 1. The van der Waals surface area contributed by atoms with E-state index in [1.54, 1.807) is 25.3 Å². The van der Waals surface area contributed by atoms with E-state index < -0.39 is 0 Å². The molecule has 0 radical (unpaired) electrons. The molecule has 5 nitrogen and oxygen atoms in total. The normalized spacial score (nSPS) is 14.6. The highest BCUT2D eigenvalue weighted by Gasteiger charge is 2.30. The lowest BCUT2D eigenvalue weighted by atomic mass is 10.2. The van der Waals surface area contributed by atoms with E-state index in [-0.39, 0.29) is 31.3 Å². The van der Waals surface area contributed by atoms with Crippen LogP contribution in [0.4, 0.5) is 0 Å². The number of aromatic nitrogens is 1. The van der Waals surface area contributed by atoms with Gasteiger partial charge in [0.25, 0.3) is 11.8 Å². The van der Waals surface area contributed by atoms with Gasteiger partial charge < -0.3 is 0 Å². The van der Waals surface area contributed by atoms with Gasteiger partial charge in [-0.1, -0.05) is 12.0 Å². The Balaban J connectivity index is 1.95. The predicted octanol–water partition coefficient (Wildman–Crippen LogP) is 1.03. The molecule has 0 unspecified atom stereocenters. The van der Waals surface area contributed by atoms with Crippen molar-refractivity contribution >= 4 is 11.8 Å². The molecule has 0 bridgehead atoms. The first-order valence-corrected chi connectivity index (χ1v) is 5.57. The Kier molecular flexibility index (Phi) is 3.70. The maximum absolute atomic E-state index is 11.3. The molecular weight excluding hydrogens is 232 g/mol. The second-order valence-corrected chi connectivity index (χ2v) is 3.78. The fraction of sp³-hybridized carbons (Fsp3) is 0.308. The Morgan fingerprint density at radius 2 is 2.06 bits per heavy atom. The average Bonchev–Trinajstić information content (AvgIpc) is 2.69. The molecule has 0 atom stereocenters. The molecule has 0 aromatic carbocycles. The van der Waals surface area contributed by atoms with Crippen LogP contribution in [0, 0.1) is 11.8 Å². The Bertz CT molecular complexity index is 509. The summed E-state index contributed by atoms with van der Waals surface area (Å²) < 4.78 is 0. The molecule has 0 aliphatic carbocycles. The molecule has 1 saturated heterocycles. The molecule has 92 valence electrons. The van der Waals surface area contributed by atoms with E-state index in [1.807, 2.05) is 0 Å². The van der Waals surface area contributed by atoms with Crippen molar-refractivity contribution in [1.29, 1.82) is 0 Å². The Labute approximate surface area is 105 Å². The summed E-state index contributed by atoms with van der Waals surface area (Å²) in [5.74, 6) is 5.00. The molecule has 2 rings (SSSR count). The zero-order chi connectivity index (χ0) is 13.0. The number of hydrogen-bond acceptors (Lipinski definition) is 4. The summed E-state index contributed by atoms with van der Waals surface area (Å²) in [6, 6.07) is 3.57. The van der Waals surface area contributed by atoms with Crippen molar-refractivity contribution in [3.63, 3.8) is 0 Å². The molecule has 1 aliphatic heterocycles. The van der Waals surface area contributed by atoms with E-state index in [0.717, 1.165) is 10.6 Å². The van der Waals surface area contributed by atoms with Crippen LogP contribution in [0.15, 0.2) is 18.3 Å². The highest BCUT2D eigenvalue weighted by molar-refractivity contribution is 6.00. The van der Waals surface area contributed by atoms with Crippen molar-refractivity contribution < 1.29 is 14.4 Å². The Morgan fingerprint density at radius 1 is 1.33 bits per heavy atom. The third kappa shape index (κ3) is 2.73. The van der Waals surface area contributed by atoms with Crippen molar-refractivity contribution in [2.75, 3.05) is 0 Å². The largest absolute Gasteiger partial charge is 0.272 e. The number of hydroxylamine groups is 2. The van der Waals surface area contributed by atoms with E-state index >= 15 is 0 Å². The van der Waals surface area contributed by atoms with Gasteiger partial charge in [0.05, 0.1) is 0 Å². The molecule has 1 aromatic heterocycles. The lowest BCUT2D eigenvalue weighted by molar-refractivity contribution is -0.191. The standard InChI is InChI=1S/C13H12N2O3/c1-2-3-11-5-4-10(8-14-11)9-18-15-12(16)6-7-13(15)17/h4-5,8H,6-7,9H2,1H3. The fourth-order valence-electron chi connectivity index (χ4n) is 1.55. The molecule has 1 fully saturated rings. The van der Waals surface area contributed by atoms with Gasteiger partial charge in [-0.3, -0.25) is 14.4 Å². The van der Waals surface area contributed by atoms with Crippen LogP contribution in [0.2, 0.25) is 0 Å². The molecule has 0 spiro atoms. The maximum atomic E-state index is 11.3. The number of amides is 2. The lowest BCUT2D eigenvalue weighted by Gasteiger charge is -2.12. The number of carbonyl (C=O) groups excluding carboxylic acids is 2. The second-order valence-electron chi connectivity index (χ2n) is 3.78. The van der Waals surface area contributed by atoms with Crippen molar-refractivity contribution in [1.82, 2.24) is 10.0 Å². The minimum atomic E-state index is -0.290. The van der Waals surface area contributed by atoms with Crippen LogP contribution in [0.5, 0.6) is 0 Å². The minimum absolute atomic E-state index is 0.143. The van der Waals surface area contributed by atoms with Crippen LogP contribution in [-0.4, -0.2) is 21.9 Å². The highest BCUT2D eigenvalue weighted by Crippen LogP contribution is 2.13. The van der Waals surface area contributed by atoms with E-state index in [9.17, 15) is 9.59 Å². The van der Waals surface area contributed by atoms with Crippen LogP contribution in [0.25, 0.3) is 0 Å². The first-order chi connectivity index (χ1) is 8.70. The minimum Gasteiger partial charge on any atom is -0.272 e. The molecule has 1 aliphatic rings. The summed E-state index contributed by atoms with van der Waals surface area (Å²) in [6.07, 6.45) is 2.06. The maximum Gasteiger partial charge on any atom is 0.254 e. The summed E-state index contributed by atoms with van der Waals surface area (Å²) >= 11 is 0. The zero-order valence-electron chi connectivity index (χ0n) is 9.97. The SMILES string of the molecule is CC#Cc1ccc(CON2C(=O)CCC2=O)cn1. The molecule has 0 N–H and O–H groups in total. The predicted molar refractivity (Wildman–Crippen MR) is 62.7 cm³/mol. The third-order valence-corrected chi connectivity index (χ3v) is 2.44. The van der Waals surface area contributed by atoms with Crippen molar-refractivity contribution in [2.45, 2.75) is 26.4 Å². The molecule has 18 heavy (non-hydrogen) atoms. The van der Waals surface area contributed by atoms with Gasteiger partial charge in [-0.25, -0.2) is 4.98 Å². The summed E-state index contributed by atoms with van der Waals surface area (Å²) in [5, 5.41) is 0.833. The van der Waals surface area contributed by atoms with Gasteiger partial charge in [0.2, 0.25) is 0 Å². The van der Waals surface area contributed by atoms with E-state index in [2.05, 4.69) is 16.8 Å². The lowest BCUT2D eigenvalue weighted by Crippen LogP contribution is -2.29. The number of nitrogens with zero attached hydrogens (tertiary/aromatic N) is 2. The molecule has 5 heteroatoms. The van der Waals surface area contributed by atoms with Crippen LogP contribution < -0.4 is 0 Å². The highest BCUT2D eigenvalue weighted by atomic mass is 16.7. The second kappa shape index (κ2) is 5.43. The third-order valence-electron chi connectivity index (χ3n) is 2.44. The fourth-order valence-corrected chi connectivity index (χ4v) is 1.55. The molecular formula is C13H12N2O3. The summed E-state index contributed by atoms with van der Waals surface area (Å²) in [6.45, 7) is 1.88. The zero-order valence-corrected chi connectivity index (χ0v) is 9.97. The van der Waals surface area contributed by atoms with Crippen molar-refractivity contribution in [3.05, 3.63) is 29.6 Å². The van der Waals surface area contributed by atoms with Crippen LogP contribution in [0.1, 0.15) is 31.0 Å². The first kappa shape index (κ1) is 12.3. The summed E-state index contributed by atoms with van der Waals surface area (Å²) in [4.78, 5) is 31.9. The van der Waals surface area contributed by atoms with E-state index in [1.165, 1.54) is 0 Å². The summed E-state index contributed by atoms with van der Waals surface area (Å²) in [5.41, 5.74) is 1.46. The topological polar surface area (TPSA) is 59.5 Å². The van der Waals surface area contributed by atoms with E-state index in [0.29, 0.717) is 5.69 Å². The molecule has 1 aromatic rings. The quantitative estimate of drug-likeness (QED) is 0.588. The molecule has 0 saturated carbocycles. The average molecular weight is 244 g/mol. The van der Waals surface area contributed by atoms with Crippen LogP contribution >= 0.6 is 0 Å². The van der Waals surface area contributed by atoms with Crippen LogP contribution in [-0.2, 0) is 21.0 Å². The van der Waals surface area contributed by atoms with Gasteiger partial charge in [-0.05, 0) is 24.5 Å². The number of hydrogen-bond donors (Lipinski definition) is 0. The van der Waals surface area contributed by atoms with Gasteiger partial charge >= 0.3 is 0 Å². The van der Waals surface area contributed by atoms with Crippen molar-refractivity contribution in [3.8, 4) is 11.8 Å². The monoisotopic (exact) mass is 244 g/mol. The molecule has 2 amide bonds. The first-order valence-electron chi connectivity index (χ1n) is 5.57. The van der Waals surface area contributed by atoms with Gasteiger partial charge in [-0.15, -0.1) is 0 Å². The van der Waals surface area contributed by atoms with Crippen molar-refractivity contribution in [2.24, 2.45) is 0 Å². The van der Waals surface area contributed by atoms with Gasteiger partial charge in [0.15, 0.2) is 0 Å². The van der Waals surface area contributed by atoms with Gasteiger partial charge in [-0.2, -0.15) is 5.06 Å². The molecule has 2 heterocycles. The van der Waals surface area contributed by atoms with Crippen LogP contribution in [0.3, 0.4) is 0 Å². The smallest absolute Gasteiger partial charge is 0.254 e. The number of pyridine rings is 1. The summed E-state index contributed by atoms with van der Waals surface area (Å²) in [7, 11) is 0. The number of rotatable bonds is 3. The Hall–Kier alpha value is -2.19. The van der Waals surface area contributed by atoms with E-state index in [4.69, 9.17) is 4.84 Å². The van der Waals surface area contributed by atoms with Gasteiger partial charge in [0.1, 0.15) is 12.3 Å². The Morgan fingerprint density at radius 3 is 2.61 bits per heavy atom.